The first kappa shape index (κ1) is 29.4. The van der Waals surface area contributed by atoms with Crippen molar-refractivity contribution in [1.29, 1.82) is 0 Å². The molecule has 0 fully saturated rings. The van der Waals surface area contributed by atoms with Gasteiger partial charge >= 0.3 is 12.6 Å². The number of carbonyl (C=O) groups excluding carboxylic acids is 2. The second kappa shape index (κ2) is 12.2. The molecule has 7 nitrogen and oxygen atoms in total. The van der Waals surface area contributed by atoms with Crippen molar-refractivity contribution < 1.29 is 41.8 Å². The smallest absolute Gasteiger partial charge is 0.345 e. The highest BCUT2D eigenvalue weighted by Gasteiger charge is 2.36. The van der Waals surface area contributed by atoms with E-state index >= 15 is 0 Å². The number of ether oxygens (including phenoxy) is 1. The minimum Gasteiger partial charge on any atom is -0.481 e. The van der Waals surface area contributed by atoms with E-state index in [1.165, 1.54) is 17.0 Å². The number of halogens is 4. The van der Waals surface area contributed by atoms with Crippen molar-refractivity contribution in [2.75, 3.05) is 30.6 Å². The highest BCUT2D eigenvalue weighted by molar-refractivity contribution is 8.32. The van der Waals surface area contributed by atoms with E-state index in [2.05, 4.69) is 10.1 Å². The van der Waals surface area contributed by atoms with Gasteiger partial charge in [0.1, 0.15) is 17.7 Å². The number of fused-ring (bicyclic) bond motifs is 1. The third kappa shape index (κ3) is 7.25. The van der Waals surface area contributed by atoms with E-state index in [4.69, 9.17) is 5.11 Å². The summed E-state index contributed by atoms with van der Waals surface area (Å²) >= 11 is 0. The maximum Gasteiger partial charge on any atom is 0.345 e. The van der Waals surface area contributed by atoms with E-state index < -0.39 is 52.1 Å². The SMILES string of the molecule is CS(C)(C)c1c(F)cc(NC(=O)[C@H]2c3ccc(COC(F)F)cc3CCN2C(=O)CCCC(=O)O)cc1F. The molecule has 2 N–H and O–H groups in total. The van der Waals surface area contributed by atoms with E-state index in [-0.39, 0.29) is 43.0 Å². The van der Waals surface area contributed by atoms with E-state index in [0.29, 0.717) is 23.1 Å². The Labute approximate surface area is 219 Å². The van der Waals surface area contributed by atoms with Crippen molar-refractivity contribution >= 4 is 33.5 Å². The van der Waals surface area contributed by atoms with Gasteiger partial charge in [0.25, 0.3) is 5.91 Å². The summed E-state index contributed by atoms with van der Waals surface area (Å²) in [7, 11) is -1.73. The van der Waals surface area contributed by atoms with Crippen LogP contribution in [0.2, 0.25) is 0 Å². The Bertz CT molecular complexity index is 1200. The van der Waals surface area contributed by atoms with Crippen molar-refractivity contribution in [2.45, 2.75) is 49.8 Å². The first-order valence-corrected chi connectivity index (χ1v) is 14.6. The van der Waals surface area contributed by atoms with Crippen LogP contribution in [-0.4, -0.2) is 59.7 Å². The number of amides is 2. The summed E-state index contributed by atoms with van der Waals surface area (Å²) in [6.45, 7) is -3.19. The van der Waals surface area contributed by atoms with Crippen LogP contribution in [0.3, 0.4) is 0 Å². The molecule has 0 saturated heterocycles. The Morgan fingerprint density at radius 2 is 1.76 bits per heavy atom. The number of rotatable bonds is 10. The van der Waals surface area contributed by atoms with Gasteiger partial charge in [0, 0.05) is 25.1 Å². The quantitative estimate of drug-likeness (QED) is 0.397. The van der Waals surface area contributed by atoms with Crippen LogP contribution in [0.25, 0.3) is 0 Å². The second-order valence-electron chi connectivity index (χ2n) is 9.69. The van der Waals surface area contributed by atoms with Crippen LogP contribution in [0.15, 0.2) is 35.2 Å². The zero-order valence-electron chi connectivity index (χ0n) is 21.2. The molecule has 12 heteroatoms. The molecule has 208 valence electrons. The lowest BCUT2D eigenvalue weighted by Crippen LogP contribution is -2.45. The Kier molecular flexibility index (Phi) is 9.42. The summed E-state index contributed by atoms with van der Waals surface area (Å²) in [6, 6.07) is 5.53. The van der Waals surface area contributed by atoms with Crippen LogP contribution in [-0.2, 0) is 32.1 Å². The summed E-state index contributed by atoms with van der Waals surface area (Å²) in [5.74, 6) is -3.82. The first-order valence-electron chi connectivity index (χ1n) is 11.8. The molecule has 0 unspecified atom stereocenters. The number of alkyl halides is 2. The van der Waals surface area contributed by atoms with Crippen molar-refractivity contribution in [2.24, 2.45) is 0 Å². The summed E-state index contributed by atoms with van der Waals surface area (Å²) < 4.78 is 58.8. The average Bonchev–Trinajstić information content (AvgIpc) is 2.80. The maximum absolute atomic E-state index is 14.8. The van der Waals surface area contributed by atoms with Crippen molar-refractivity contribution in [3.63, 3.8) is 0 Å². The van der Waals surface area contributed by atoms with Crippen LogP contribution in [0.4, 0.5) is 23.2 Å². The van der Waals surface area contributed by atoms with Gasteiger partial charge in [0.2, 0.25) is 5.91 Å². The molecule has 0 aromatic heterocycles. The third-order valence-electron chi connectivity index (χ3n) is 6.04. The van der Waals surface area contributed by atoms with E-state index in [1.807, 2.05) is 0 Å². The molecular formula is C26H30F4N2O5S. The molecule has 0 bridgehead atoms. The van der Waals surface area contributed by atoms with Gasteiger partial charge in [0.05, 0.1) is 11.5 Å². The van der Waals surface area contributed by atoms with Crippen LogP contribution in [0, 0.1) is 11.6 Å². The number of nitrogens with zero attached hydrogens (tertiary/aromatic N) is 1. The molecule has 2 amide bonds. The van der Waals surface area contributed by atoms with Crippen LogP contribution in [0.1, 0.15) is 42.0 Å². The normalized spacial score (nSPS) is 15.8. The Hall–Kier alpha value is -3.12. The molecule has 1 atom stereocenters. The minimum absolute atomic E-state index is 0.0488. The molecule has 0 saturated carbocycles. The van der Waals surface area contributed by atoms with Crippen LogP contribution < -0.4 is 5.32 Å². The lowest BCUT2D eigenvalue weighted by molar-refractivity contribution is -0.140. The number of nitrogens with one attached hydrogen (secondary N) is 1. The monoisotopic (exact) mass is 558 g/mol. The third-order valence-corrected chi connectivity index (χ3v) is 7.65. The molecular weight excluding hydrogens is 528 g/mol. The number of carboxylic acids is 1. The molecule has 1 aliphatic heterocycles. The molecule has 2 aromatic rings. The van der Waals surface area contributed by atoms with Gasteiger partial charge < -0.3 is 20.1 Å². The van der Waals surface area contributed by atoms with Gasteiger partial charge in [-0.25, -0.2) is 18.8 Å². The van der Waals surface area contributed by atoms with Gasteiger partial charge in [-0.05, 0) is 60.4 Å². The number of benzene rings is 2. The molecule has 0 aliphatic carbocycles. The molecule has 38 heavy (non-hydrogen) atoms. The van der Waals surface area contributed by atoms with E-state index in [9.17, 15) is 31.9 Å². The zero-order valence-corrected chi connectivity index (χ0v) is 22.0. The molecule has 1 aliphatic rings. The number of aliphatic carboxylic acids is 1. The second-order valence-corrected chi connectivity index (χ2v) is 13.8. The molecule has 1 heterocycles. The van der Waals surface area contributed by atoms with Crippen molar-refractivity contribution in [3.8, 4) is 0 Å². The molecule has 0 radical (unpaired) electrons. The number of anilines is 1. The number of carboxylic acid groups (broad SMARTS) is 1. The predicted molar refractivity (Wildman–Crippen MR) is 135 cm³/mol. The average molecular weight is 559 g/mol. The fourth-order valence-corrected chi connectivity index (χ4v) is 5.73. The predicted octanol–water partition coefficient (Wildman–Crippen LogP) is 5.08. The maximum atomic E-state index is 14.8. The largest absolute Gasteiger partial charge is 0.481 e. The number of hydrogen-bond donors (Lipinski definition) is 2. The standard InChI is InChI=1S/C26H30F4N2O5S/c1-38(2,3)24-19(27)12-17(13-20(24)28)31-25(36)23-18-8-7-15(14-37-26(29)30)11-16(18)9-10-32(23)21(33)5-4-6-22(34)35/h7-8,11-13,23,26H,4-6,9-10,14H2,1-3H3,(H,31,36)(H,34,35)/t23-/m1/s1. The number of hydrogen-bond acceptors (Lipinski definition) is 4. The summed E-state index contributed by atoms with van der Waals surface area (Å²) in [5, 5.41) is 11.4. The highest BCUT2D eigenvalue weighted by atomic mass is 32.3. The zero-order chi connectivity index (χ0) is 28.2. The van der Waals surface area contributed by atoms with Crippen molar-refractivity contribution in [1.82, 2.24) is 4.90 Å². The topological polar surface area (TPSA) is 95.9 Å². The first-order chi connectivity index (χ1) is 17.8. The lowest BCUT2D eigenvalue weighted by Gasteiger charge is -2.37. The fourth-order valence-electron chi connectivity index (χ4n) is 4.44. The molecule has 2 aromatic carbocycles. The Morgan fingerprint density at radius 1 is 1.11 bits per heavy atom. The lowest BCUT2D eigenvalue weighted by atomic mass is 9.90. The van der Waals surface area contributed by atoms with E-state index in [1.54, 1.807) is 24.8 Å². The Balaban J connectivity index is 1.93. The van der Waals surface area contributed by atoms with Gasteiger partial charge in [-0.2, -0.15) is 8.78 Å². The fraction of sp³-hybridized carbons (Fsp3) is 0.423. The Morgan fingerprint density at radius 3 is 2.34 bits per heavy atom. The van der Waals surface area contributed by atoms with Crippen LogP contribution >= 0.6 is 10.0 Å². The molecule has 3 rings (SSSR count). The molecule has 0 spiro atoms. The van der Waals surface area contributed by atoms with Gasteiger partial charge in [-0.3, -0.25) is 14.4 Å². The van der Waals surface area contributed by atoms with Gasteiger partial charge in [0.15, 0.2) is 0 Å². The highest BCUT2D eigenvalue weighted by Crippen LogP contribution is 2.48. The van der Waals surface area contributed by atoms with Crippen molar-refractivity contribution in [3.05, 3.63) is 58.7 Å². The van der Waals surface area contributed by atoms with Gasteiger partial charge in [-0.1, -0.05) is 18.2 Å². The summed E-state index contributed by atoms with van der Waals surface area (Å²) in [5.41, 5.74) is 1.40. The van der Waals surface area contributed by atoms with Gasteiger partial charge in [-0.15, -0.1) is 0 Å². The van der Waals surface area contributed by atoms with Crippen LogP contribution in [0.5, 0.6) is 0 Å². The number of carbonyl (C=O) groups is 3. The minimum atomic E-state index is -2.95. The summed E-state index contributed by atoms with van der Waals surface area (Å²) in [4.78, 5) is 38.6. The summed E-state index contributed by atoms with van der Waals surface area (Å²) in [6.07, 6.45) is 5.27. The van der Waals surface area contributed by atoms with E-state index in [0.717, 1.165) is 12.1 Å².